The van der Waals surface area contributed by atoms with E-state index in [2.05, 4.69) is 0 Å². The van der Waals surface area contributed by atoms with Gasteiger partial charge in [-0.2, -0.15) is 0 Å². The first-order valence-corrected chi connectivity index (χ1v) is 6.04. The highest BCUT2D eigenvalue weighted by Gasteiger charge is 2.17. The van der Waals surface area contributed by atoms with E-state index < -0.39 is 0 Å². The number of aromatic hydroxyl groups is 1. The Morgan fingerprint density at radius 2 is 1.82 bits per heavy atom. The van der Waals surface area contributed by atoms with E-state index in [0.29, 0.717) is 24.3 Å². The maximum Gasteiger partial charge on any atom is 0.267 e. The van der Waals surface area contributed by atoms with E-state index in [0.717, 1.165) is 0 Å². The van der Waals surface area contributed by atoms with Crippen molar-refractivity contribution in [3.05, 3.63) is 20.7 Å². The van der Waals surface area contributed by atoms with E-state index in [9.17, 15) is 9.90 Å². The molecule has 2 N–H and O–H groups in total. The predicted molar refractivity (Wildman–Crippen MR) is 69.7 cm³/mol. The molecule has 0 saturated heterocycles. The molecule has 0 bridgehead atoms. The van der Waals surface area contributed by atoms with Crippen LogP contribution in [0.4, 0.5) is 0 Å². The van der Waals surface area contributed by atoms with Crippen LogP contribution in [0.15, 0.2) is 4.79 Å². The van der Waals surface area contributed by atoms with Crippen molar-refractivity contribution in [1.29, 1.82) is 5.41 Å². The van der Waals surface area contributed by atoms with Gasteiger partial charge in [-0.25, -0.2) is 0 Å². The predicted octanol–water partition coefficient (Wildman–Crippen LogP) is 1.90. The van der Waals surface area contributed by atoms with E-state index in [1.54, 1.807) is 6.92 Å². The summed E-state index contributed by atoms with van der Waals surface area (Å²) in [6.45, 7) is 6.32. The average molecular weight is 255 g/mol. The molecule has 94 valence electrons. The number of rotatable bonds is 4. The summed E-state index contributed by atoms with van der Waals surface area (Å²) >= 11 is 5.14. The van der Waals surface area contributed by atoms with Gasteiger partial charge in [0, 0.05) is 18.8 Å². The van der Waals surface area contributed by atoms with Crippen LogP contribution in [0.5, 0.6) is 5.88 Å². The van der Waals surface area contributed by atoms with Gasteiger partial charge in [0.1, 0.15) is 5.56 Å². The first kappa shape index (κ1) is 13.6. The highest BCUT2D eigenvalue weighted by Crippen LogP contribution is 2.15. The highest BCUT2D eigenvalue weighted by atomic mass is 32.1. The summed E-state index contributed by atoms with van der Waals surface area (Å²) in [7, 11) is 0. The first-order valence-electron chi connectivity index (χ1n) is 5.63. The molecule has 0 aliphatic rings. The molecule has 0 spiro atoms. The maximum absolute atomic E-state index is 12.1. The standard InChI is InChI=1S/C11H17N3O2S/c1-4-7(12)8-9(15)13(5-2)11(17)14(6-3)10(8)16/h12,15H,4-6H2,1-3H3. The number of hydrogen-bond acceptors (Lipinski definition) is 4. The van der Waals surface area contributed by atoms with Gasteiger partial charge in [0.05, 0.1) is 0 Å². The zero-order valence-corrected chi connectivity index (χ0v) is 11.1. The molecule has 6 heteroatoms. The zero-order chi connectivity index (χ0) is 13.2. The van der Waals surface area contributed by atoms with Crippen molar-refractivity contribution in [3.8, 4) is 5.88 Å². The Morgan fingerprint density at radius 3 is 2.24 bits per heavy atom. The molecule has 0 atom stereocenters. The molecular formula is C11H17N3O2S. The Bertz CT molecular complexity index is 557. The third-order valence-electron chi connectivity index (χ3n) is 2.69. The molecule has 1 aromatic rings. The molecule has 0 unspecified atom stereocenters. The monoisotopic (exact) mass is 255 g/mol. The second-order valence-electron chi connectivity index (χ2n) is 3.61. The van der Waals surface area contributed by atoms with Gasteiger partial charge in [-0.15, -0.1) is 0 Å². The van der Waals surface area contributed by atoms with Crippen LogP contribution in [0.1, 0.15) is 32.8 Å². The van der Waals surface area contributed by atoms with E-state index in [1.807, 2.05) is 13.8 Å². The van der Waals surface area contributed by atoms with Gasteiger partial charge < -0.3 is 10.5 Å². The van der Waals surface area contributed by atoms with Gasteiger partial charge in [0.25, 0.3) is 5.56 Å². The smallest absolute Gasteiger partial charge is 0.267 e. The summed E-state index contributed by atoms with van der Waals surface area (Å²) in [4.78, 5) is 12.1. The molecule has 0 fully saturated rings. The Kier molecular flexibility index (Phi) is 4.22. The van der Waals surface area contributed by atoms with Crippen molar-refractivity contribution in [3.63, 3.8) is 0 Å². The van der Waals surface area contributed by atoms with Crippen LogP contribution in [-0.2, 0) is 13.1 Å². The van der Waals surface area contributed by atoms with E-state index >= 15 is 0 Å². The fraction of sp³-hybridized carbons (Fsp3) is 0.545. The fourth-order valence-corrected chi connectivity index (χ4v) is 2.12. The molecule has 1 rings (SSSR count). The van der Waals surface area contributed by atoms with Gasteiger partial charge in [-0.3, -0.25) is 13.9 Å². The van der Waals surface area contributed by atoms with Crippen molar-refractivity contribution in [1.82, 2.24) is 9.13 Å². The van der Waals surface area contributed by atoms with Crippen LogP contribution in [0.25, 0.3) is 0 Å². The molecule has 1 heterocycles. The van der Waals surface area contributed by atoms with Crippen LogP contribution in [-0.4, -0.2) is 20.0 Å². The van der Waals surface area contributed by atoms with Gasteiger partial charge in [-0.1, -0.05) is 6.92 Å². The third kappa shape index (κ3) is 2.17. The van der Waals surface area contributed by atoms with Crippen LogP contribution in [0.2, 0.25) is 0 Å². The molecule has 0 aromatic carbocycles. The van der Waals surface area contributed by atoms with Crippen LogP contribution in [0, 0.1) is 10.2 Å². The Morgan fingerprint density at radius 1 is 1.29 bits per heavy atom. The molecular weight excluding hydrogens is 238 g/mol. The van der Waals surface area contributed by atoms with Gasteiger partial charge in [0.15, 0.2) is 4.77 Å². The summed E-state index contributed by atoms with van der Waals surface area (Å²) in [5.74, 6) is -0.195. The second-order valence-corrected chi connectivity index (χ2v) is 3.97. The van der Waals surface area contributed by atoms with Crippen LogP contribution < -0.4 is 5.56 Å². The Labute approximate surface area is 105 Å². The summed E-state index contributed by atoms with van der Waals surface area (Å²) in [6, 6.07) is 0. The lowest BCUT2D eigenvalue weighted by Crippen LogP contribution is -2.30. The van der Waals surface area contributed by atoms with Crippen molar-refractivity contribution in [2.45, 2.75) is 40.3 Å². The van der Waals surface area contributed by atoms with Gasteiger partial charge in [-0.05, 0) is 32.5 Å². The average Bonchev–Trinajstić information content (AvgIpc) is 2.29. The minimum Gasteiger partial charge on any atom is -0.494 e. The van der Waals surface area contributed by atoms with Gasteiger partial charge in [0.2, 0.25) is 5.88 Å². The zero-order valence-electron chi connectivity index (χ0n) is 10.3. The molecule has 1 aromatic heterocycles. The lowest BCUT2D eigenvalue weighted by Gasteiger charge is -2.15. The fourth-order valence-electron chi connectivity index (χ4n) is 1.69. The summed E-state index contributed by atoms with van der Waals surface area (Å²) < 4.78 is 3.17. The number of nitrogens with zero attached hydrogens (tertiary/aromatic N) is 2. The van der Waals surface area contributed by atoms with E-state index in [1.165, 1.54) is 9.13 Å². The lowest BCUT2D eigenvalue weighted by molar-refractivity contribution is 0.399. The van der Waals surface area contributed by atoms with Crippen molar-refractivity contribution < 1.29 is 5.11 Å². The minimum absolute atomic E-state index is 0.0600. The minimum atomic E-state index is -0.383. The number of hydrogen-bond donors (Lipinski definition) is 2. The van der Waals surface area contributed by atoms with Gasteiger partial charge >= 0.3 is 0 Å². The lowest BCUT2D eigenvalue weighted by atomic mass is 10.1. The Balaban J connectivity index is 3.79. The topological polar surface area (TPSA) is 71.0 Å². The van der Waals surface area contributed by atoms with Crippen LogP contribution in [0.3, 0.4) is 0 Å². The molecule has 5 nitrogen and oxygen atoms in total. The van der Waals surface area contributed by atoms with Crippen molar-refractivity contribution in [2.24, 2.45) is 0 Å². The largest absolute Gasteiger partial charge is 0.494 e. The molecule has 0 radical (unpaired) electrons. The maximum atomic E-state index is 12.1. The number of aromatic nitrogens is 2. The second kappa shape index (κ2) is 5.27. The SMILES string of the molecule is CCC(=N)c1c(O)n(CC)c(=S)n(CC)c1=O. The normalized spacial score (nSPS) is 10.5. The summed E-state index contributed by atoms with van der Waals surface area (Å²) in [5.41, 5.74) is -0.191. The number of nitrogens with one attached hydrogen (secondary N) is 1. The summed E-state index contributed by atoms with van der Waals surface area (Å²) in [6.07, 6.45) is 0.396. The molecule has 0 saturated carbocycles. The van der Waals surface area contributed by atoms with Crippen molar-refractivity contribution in [2.75, 3.05) is 0 Å². The van der Waals surface area contributed by atoms with Crippen LogP contribution >= 0.6 is 12.2 Å². The molecule has 0 amide bonds. The van der Waals surface area contributed by atoms with E-state index in [-0.39, 0.29) is 22.7 Å². The van der Waals surface area contributed by atoms with Crippen molar-refractivity contribution >= 4 is 17.9 Å². The molecule has 0 aliphatic carbocycles. The van der Waals surface area contributed by atoms with E-state index in [4.69, 9.17) is 17.6 Å². The molecule has 17 heavy (non-hydrogen) atoms. The highest BCUT2D eigenvalue weighted by molar-refractivity contribution is 7.71. The third-order valence-corrected chi connectivity index (χ3v) is 3.13. The first-order chi connectivity index (χ1) is 7.99. The quantitative estimate of drug-likeness (QED) is 0.637. The Hall–Kier alpha value is -1.43. The summed E-state index contributed by atoms with van der Waals surface area (Å²) in [5, 5.41) is 17.8. The molecule has 0 aliphatic heterocycles.